The molecule has 0 bridgehead atoms. The van der Waals surface area contributed by atoms with E-state index in [2.05, 4.69) is 4.90 Å². The topological polar surface area (TPSA) is 60.9 Å². The van der Waals surface area contributed by atoms with Crippen LogP contribution in [0.1, 0.15) is 50.5 Å². The van der Waals surface area contributed by atoms with Crippen molar-refractivity contribution in [1.82, 2.24) is 14.1 Å². The van der Waals surface area contributed by atoms with Gasteiger partial charge >= 0.3 is 0 Å². The van der Waals surface area contributed by atoms with Gasteiger partial charge in [0.05, 0.1) is 4.90 Å². The lowest BCUT2D eigenvalue weighted by atomic mass is 9.93. The van der Waals surface area contributed by atoms with Gasteiger partial charge in [-0.1, -0.05) is 37.0 Å². The molecule has 3 aliphatic rings. The van der Waals surface area contributed by atoms with Gasteiger partial charge in [-0.25, -0.2) is 8.42 Å². The molecule has 1 aromatic carbocycles. The Morgan fingerprint density at radius 3 is 2.03 bits per heavy atom. The summed E-state index contributed by atoms with van der Waals surface area (Å²) < 4.78 is 27.3. The second kappa shape index (κ2) is 9.37. The van der Waals surface area contributed by atoms with E-state index < -0.39 is 10.0 Å². The van der Waals surface area contributed by atoms with Crippen LogP contribution in [-0.2, 0) is 14.8 Å². The molecule has 6 nitrogen and oxygen atoms in total. The molecule has 30 heavy (non-hydrogen) atoms. The number of amides is 1. The van der Waals surface area contributed by atoms with E-state index in [1.165, 1.54) is 32.1 Å². The number of piperidine rings is 1. The van der Waals surface area contributed by atoms with Crippen molar-refractivity contribution in [2.45, 2.75) is 62.8 Å². The Labute approximate surface area is 181 Å². The van der Waals surface area contributed by atoms with E-state index in [1.807, 2.05) is 24.0 Å². The molecular weight excluding hydrogens is 398 g/mol. The van der Waals surface area contributed by atoms with Gasteiger partial charge in [-0.15, -0.1) is 0 Å². The Morgan fingerprint density at radius 1 is 0.833 bits per heavy atom. The molecule has 1 amide bonds. The van der Waals surface area contributed by atoms with Gasteiger partial charge < -0.3 is 4.90 Å². The first-order valence-corrected chi connectivity index (χ1v) is 13.0. The number of piperazine rings is 1. The predicted octanol–water partition coefficient (Wildman–Crippen LogP) is 2.87. The molecule has 0 radical (unpaired) electrons. The molecule has 3 fully saturated rings. The smallest absolute Gasteiger partial charge is 0.243 e. The number of aryl methyl sites for hydroxylation is 1. The van der Waals surface area contributed by atoms with Crippen LogP contribution in [0, 0.1) is 12.8 Å². The molecule has 1 aromatic rings. The lowest BCUT2D eigenvalue weighted by molar-refractivity contribution is -0.139. The highest BCUT2D eigenvalue weighted by Crippen LogP contribution is 2.27. The van der Waals surface area contributed by atoms with E-state index in [0.717, 1.165) is 31.7 Å². The third kappa shape index (κ3) is 4.73. The van der Waals surface area contributed by atoms with Gasteiger partial charge in [0.1, 0.15) is 0 Å². The first-order chi connectivity index (χ1) is 14.4. The standard InChI is InChI=1S/C23H35N3O3S/c1-19-7-9-22(10-8-19)30(28,29)26-13-11-20(12-14-26)23(27)25-17-15-24(16-18-25)21-5-3-2-4-6-21/h7-10,20-21H,2-6,11-18H2,1H3. The average Bonchev–Trinajstić information content (AvgIpc) is 2.80. The van der Waals surface area contributed by atoms with Crippen LogP contribution in [-0.4, -0.2) is 73.7 Å². The second-order valence-electron chi connectivity index (χ2n) is 9.14. The number of carbonyl (C=O) groups is 1. The van der Waals surface area contributed by atoms with Gasteiger partial charge in [-0.3, -0.25) is 9.69 Å². The maximum Gasteiger partial charge on any atom is 0.243 e. The zero-order valence-corrected chi connectivity index (χ0v) is 18.9. The van der Waals surface area contributed by atoms with E-state index in [-0.39, 0.29) is 11.8 Å². The van der Waals surface area contributed by atoms with Crippen LogP contribution in [0.4, 0.5) is 0 Å². The van der Waals surface area contributed by atoms with E-state index in [4.69, 9.17) is 0 Å². The number of hydrogen-bond donors (Lipinski definition) is 0. The normalized spacial score (nSPS) is 23.6. The summed E-state index contributed by atoms with van der Waals surface area (Å²) in [5, 5.41) is 0. The maximum atomic E-state index is 13.0. The molecule has 0 aromatic heterocycles. The summed E-state index contributed by atoms with van der Waals surface area (Å²) in [6.45, 7) is 6.40. The molecular formula is C23H35N3O3S. The van der Waals surface area contributed by atoms with Crippen LogP contribution in [0.25, 0.3) is 0 Å². The fourth-order valence-electron chi connectivity index (χ4n) is 5.21. The van der Waals surface area contributed by atoms with Gasteiger partial charge in [0.25, 0.3) is 0 Å². The average molecular weight is 434 g/mol. The predicted molar refractivity (Wildman–Crippen MR) is 118 cm³/mol. The summed E-state index contributed by atoms with van der Waals surface area (Å²) >= 11 is 0. The molecule has 166 valence electrons. The van der Waals surface area contributed by atoms with Crippen LogP contribution in [0.5, 0.6) is 0 Å². The summed E-state index contributed by atoms with van der Waals surface area (Å²) in [6, 6.07) is 7.72. The zero-order chi connectivity index (χ0) is 21.1. The highest BCUT2D eigenvalue weighted by Gasteiger charge is 2.35. The second-order valence-corrected chi connectivity index (χ2v) is 11.1. The van der Waals surface area contributed by atoms with Crippen molar-refractivity contribution in [3.63, 3.8) is 0 Å². The summed E-state index contributed by atoms with van der Waals surface area (Å²) in [7, 11) is -3.47. The van der Waals surface area contributed by atoms with Gasteiger partial charge in [0, 0.05) is 51.2 Å². The van der Waals surface area contributed by atoms with Gasteiger partial charge in [0.2, 0.25) is 15.9 Å². The lowest BCUT2D eigenvalue weighted by Crippen LogP contribution is -2.54. The highest BCUT2D eigenvalue weighted by atomic mass is 32.2. The molecule has 2 saturated heterocycles. The first kappa shape index (κ1) is 21.8. The molecule has 7 heteroatoms. The summed E-state index contributed by atoms with van der Waals surface area (Å²) in [6.07, 6.45) is 7.90. The molecule has 0 spiro atoms. The molecule has 0 N–H and O–H groups in total. The van der Waals surface area contributed by atoms with Crippen LogP contribution in [0.3, 0.4) is 0 Å². The Bertz CT molecular complexity index is 818. The molecule has 2 aliphatic heterocycles. The number of carbonyl (C=O) groups excluding carboxylic acids is 1. The van der Waals surface area contributed by atoms with Crippen molar-refractivity contribution < 1.29 is 13.2 Å². The van der Waals surface area contributed by atoms with Gasteiger partial charge in [-0.05, 0) is 44.7 Å². The van der Waals surface area contributed by atoms with Crippen molar-refractivity contribution in [3.05, 3.63) is 29.8 Å². The molecule has 4 rings (SSSR count). The van der Waals surface area contributed by atoms with E-state index in [1.54, 1.807) is 16.4 Å². The van der Waals surface area contributed by atoms with E-state index in [0.29, 0.717) is 36.9 Å². The van der Waals surface area contributed by atoms with Crippen LogP contribution < -0.4 is 0 Å². The minimum Gasteiger partial charge on any atom is -0.340 e. The van der Waals surface area contributed by atoms with E-state index in [9.17, 15) is 13.2 Å². The third-order valence-electron chi connectivity index (χ3n) is 7.18. The van der Waals surface area contributed by atoms with Crippen LogP contribution >= 0.6 is 0 Å². The number of sulfonamides is 1. The largest absolute Gasteiger partial charge is 0.340 e. The minimum absolute atomic E-state index is 0.0456. The summed E-state index contributed by atoms with van der Waals surface area (Å²) in [4.78, 5) is 18.0. The molecule has 1 saturated carbocycles. The highest BCUT2D eigenvalue weighted by molar-refractivity contribution is 7.89. The third-order valence-corrected chi connectivity index (χ3v) is 9.09. The first-order valence-electron chi connectivity index (χ1n) is 11.5. The molecule has 2 heterocycles. The van der Waals surface area contributed by atoms with Crippen LogP contribution in [0.2, 0.25) is 0 Å². The van der Waals surface area contributed by atoms with Crippen molar-refractivity contribution in [3.8, 4) is 0 Å². The number of rotatable bonds is 4. The molecule has 0 atom stereocenters. The Hall–Kier alpha value is -1.44. The Morgan fingerprint density at radius 2 is 1.43 bits per heavy atom. The van der Waals surface area contributed by atoms with Crippen molar-refractivity contribution in [2.24, 2.45) is 5.92 Å². The SMILES string of the molecule is Cc1ccc(S(=O)(=O)N2CCC(C(=O)N3CCN(C4CCCCC4)CC3)CC2)cc1. The maximum absolute atomic E-state index is 13.0. The molecule has 1 aliphatic carbocycles. The fourth-order valence-corrected chi connectivity index (χ4v) is 6.68. The number of nitrogens with zero attached hydrogens (tertiary/aromatic N) is 3. The Kier molecular flexibility index (Phi) is 6.80. The summed E-state index contributed by atoms with van der Waals surface area (Å²) in [5.74, 6) is 0.182. The fraction of sp³-hybridized carbons (Fsp3) is 0.696. The van der Waals surface area contributed by atoms with Gasteiger partial charge in [0.15, 0.2) is 0 Å². The minimum atomic E-state index is -3.47. The number of hydrogen-bond acceptors (Lipinski definition) is 4. The quantitative estimate of drug-likeness (QED) is 0.733. The summed E-state index contributed by atoms with van der Waals surface area (Å²) in [5.41, 5.74) is 1.04. The van der Waals surface area contributed by atoms with Crippen LogP contribution in [0.15, 0.2) is 29.2 Å². The number of benzene rings is 1. The monoisotopic (exact) mass is 433 g/mol. The zero-order valence-electron chi connectivity index (χ0n) is 18.1. The van der Waals surface area contributed by atoms with Crippen molar-refractivity contribution in [1.29, 1.82) is 0 Å². The molecule has 0 unspecified atom stereocenters. The van der Waals surface area contributed by atoms with Crippen molar-refractivity contribution in [2.75, 3.05) is 39.3 Å². The van der Waals surface area contributed by atoms with Crippen molar-refractivity contribution >= 4 is 15.9 Å². The van der Waals surface area contributed by atoms with E-state index >= 15 is 0 Å². The lowest BCUT2D eigenvalue weighted by Gasteiger charge is -2.42. The van der Waals surface area contributed by atoms with Gasteiger partial charge in [-0.2, -0.15) is 4.31 Å². The Balaban J connectivity index is 1.28.